The van der Waals surface area contributed by atoms with Gasteiger partial charge in [0.15, 0.2) is 0 Å². The zero-order valence-electron chi connectivity index (χ0n) is 9.27. The van der Waals surface area contributed by atoms with Gasteiger partial charge in [0.05, 0.1) is 12.2 Å². The number of methoxy groups -OCH3 is 1. The Morgan fingerprint density at radius 2 is 1.93 bits per heavy atom. The summed E-state index contributed by atoms with van der Waals surface area (Å²) in [7, 11) is 1.53. The summed E-state index contributed by atoms with van der Waals surface area (Å²) >= 11 is 0. The molecular formula is C10H22O4. The van der Waals surface area contributed by atoms with Crippen molar-refractivity contribution in [3.8, 4) is 0 Å². The lowest BCUT2D eigenvalue weighted by atomic mass is 10.0. The highest BCUT2D eigenvalue weighted by molar-refractivity contribution is 4.70. The molecule has 0 amide bonds. The molecule has 0 aromatic carbocycles. The summed E-state index contributed by atoms with van der Waals surface area (Å²) in [5, 5.41) is 18.5. The predicted molar refractivity (Wildman–Crippen MR) is 53.9 cm³/mol. The van der Waals surface area contributed by atoms with E-state index in [1.165, 1.54) is 7.11 Å². The summed E-state index contributed by atoms with van der Waals surface area (Å²) in [5.74, 6) is 0.414. The Balaban J connectivity index is 3.89. The lowest BCUT2D eigenvalue weighted by Gasteiger charge is -2.23. The maximum absolute atomic E-state index is 9.75. The highest BCUT2D eigenvalue weighted by atomic mass is 16.7. The molecule has 2 atom stereocenters. The SMILES string of the molecule is COCO[C@@H](CCO)[C@H](O)CC(C)C. The number of aliphatic hydroxyl groups excluding tert-OH is 2. The summed E-state index contributed by atoms with van der Waals surface area (Å²) < 4.78 is 10.0. The topological polar surface area (TPSA) is 58.9 Å². The van der Waals surface area contributed by atoms with Crippen molar-refractivity contribution in [1.82, 2.24) is 0 Å². The number of aliphatic hydroxyl groups is 2. The van der Waals surface area contributed by atoms with Gasteiger partial charge in [0, 0.05) is 13.7 Å². The van der Waals surface area contributed by atoms with Crippen LogP contribution in [0.25, 0.3) is 0 Å². The monoisotopic (exact) mass is 206 g/mol. The van der Waals surface area contributed by atoms with Gasteiger partial charge < -0.3 is 19.7 Å². The fourth-order valence-electron chi connectivity index (χ4n) is 1.30. The van der Waals surface area contributed by atoms with E-state index < -0.39 is 6.10 Å². The molecule has 0 unspecified atom stereocenters. The molecule has 0 fully saturated rings. The van der Waals surface area contributed by atoms with Crippen LogP contribution in [0.1, 0.15) is 26.7 Å². The molecular weight excluding hydrogens is 184 g/mol. The van der Waals surface area contributed by atoms with Gasteiger partial charge in [-0.3, -0.25) is 0 Å². The van der Waals surface area contributed by atoms with Crippen LogP contribution < -0.4 is 0 Å². The lowest BCUT2D eigenvalue weighted by molar-refractivity contribution is -0.121. The third-order valence-corrected chi connectivity index (χ3v) is 1.96. The molecule has 0 aromatic rings. The van der Waals surface area contributed by atoms with E-state index >= 15 is 0 Å². The maximum atomic E-state index is 9.75. The normalized spacial score (nSPS) is 15.9. The summed E-state index contributed by atoms with van der Waals surface area (Å²) in [6.07, 6.45) is 0.255. The van der Waals surface area contributed by atoms with Crippen LogP contribution in [-0.4, -0.2) is 42.9 Å². The molecule has 0 saturated heterocycles. The minimum atomic E-state index is -0.530. The van der Waals surface area contributed by atoms with Crippen molar-refractivity contribution in [2.75, 3.05) is 20.5 Å². The lowest BCUT2D eigenvalue weighted by Crippen LogP contribution is -2.31. The van der Waals surface area contributed by atoms with Gasteiger partial charge in [-0.2, -0.15) is 0 Å². The van der Waals surface area contributed by atoms with Crippen molar-refractivity contribution in [3.05, 3.63) is 0 Å². The zero-order chi connectivity index (χ0) is 11.0. The molecule has 4 nitrogen and oxygen atoms in total. The second kappa shape index (κ2) is 8.17. The van der Waals surface area contributed by atoms with Crippen LogP contribution in [0, 0.1) is 5.92 Å². The van der Waals surface area contributed by atoms with Crippen LogP contribution in [0.15, 0.2) is 0 Å². The second-order valence-corrected chi connectivity index (χ2v) is 3.82. The third kappa shape index (κ3) is 6.32. The van der Waals surface area contributed by atoms with E-state index in [1.54, 1.807) is 0 Å². The van der Waals surface area contributed by atoms with Gasteiger partial charge in [-0.05, 0) is 18.8 Å². The molecule has 0 aromatic heterocycles. The molecule has 0 rings (SSSR count). The van der Waals surface area contributed by atoms with Crippen molar-refractivity contribution in [3.63, 3.8) is 0 Å². The first kappa shape index (κ1) is 13.8. The molecule has 0 aliphatic rings. The largest absolute Gasteiger partial charge is 0.396 e. The molecule has 0 heterocycles. The standard InChI is InChI=1S/C10H22O4/c1-8(2)6-9(12)10(4-5-11)14-7-13-3/h8-12H,4-7H2,1-3H3/t9-,10+/m1/s1. The number of rotatable bonds is 8. The molecule has 0 spiro atoms. The van der Waals surface area contributed by atoms with Crippen molar-refractivity contribution in [1.29, 1.82) is 0 Å². The average molecular weight is 206 g/mol. The summed E-state index contributed by atoms with van der Waals surface area (Å²) in [6, 6.07) is 0. The van der Waals surface area contributed by atoms with Gasteiger partial charge >= 0.3 is 0 Å². The minimum absolute atomic E-state index is 0.0174. The van der Waals surface area contributed by atoms with Gasteiger partial charge in [0.1, 0.15) is 6.79 Å². The highest BCUT2D eigenvalue weighted by Crippen LogP contribution is 2.13. The van der Waals surface area contributed by atoms with Crippen LogP contribution in [0.3, 0.4) is 0 Å². The fourth-order valence-corrected chi connectivity index (χ4v) is 1.30. The van der Waals surface area contributed by atoms with E-state index in [4.69, 9.17) is 14.6 Å². The molecule has 86 valence electrons. The van der Waals surface area contributed by atoms with Crippen molar-refractivity contribution >= 4 is 0 Å². The number of hydrogen-bond donors (Lipinski definition) is 2. The van der Waals surface area contributed by atoms with E-state index in [0.29, 0.717) is 18.8 Å². The van der Waals surface area contributed by atoms with E-state index in [9.17, 15) is 5.11 Å². The smallest absolute Gasteiger partial charge is 0.146 e. The molecule has 0 bridgehead atoms. The first-order chi connectivity index (χ1) is 6.61. The first-order valence-corrected chi connectivity index (χ1v) is 5.01. The van der Waals surface area contributed by atoms with Crippen LogP contribution in [-0.2, 0) is 9.47 Å². The summed E-state index contributed by atoms with van der Waals surface area (Å²) in [6.45, 7) is 4.24. The Bertz CT molecular complexity index is 127. The Hall–Kier alpha value is -0.160. The minimum Gasteiger partial charge on any atom is -0.396 e. The quantitative estimate of drug-likeness (QED) is 0.576. The van der Waals surface area contributed by atoms with Gasteiger partial charge in [-0.25, -0.2) is 0 Å². The van der Waals surface area contributed by atoms with Gasteiger partial charge in [0.2, 0.25) is 0 Å². The molecule has 4 heteroatoms. The summed E-state index contributed by atoms with van der Waals surface area (Å²) in [4.78, 5) is 0. The number of hydrogen-bond acceptors (Lipinski definition) is 4. The predicted octanol–water partition coefficient (Wildman–Crippen LogP) is 0.765. The molecule has 14 heavy (non-hydrogen) atoms. The molecule has 0 radical (unpaired) electrons. The molecule has 0 saturated carbocycles. The van der Waals surface area contributed by atoms with Gasteiger partial charge in [-0.1, -0.05) is 13.8 Å². The van der Waals surface area contributed by atoms with Gasteiger partial charge in [0.25, 0.3) is 0 Å². The Kier molecular flexibility index (Phi) is 8.08. The van der Waals surface area contributed by atoms with Crippen molar-refractivity contribution < 1.29 is 19.7 Å². The maximum Gasteiger partial charge on any atom is 0.146 e. The molecule has 0 aliphatic heterocycles. The van der Waals surface area contributed by atoms with Crippen molar-refractivity contribution in [2.45, 2.75) is 38.9 Å². The van der Waals surface area contributed by atoms with E-state index in [0.717, 1.165) is 0 Å². The van der Waals surface area contributed by atoms with E-state index in [-0.39, 0.29) is 19.5 Å². The Morgan fingerprint density at radius 3 is 2.36 bits per heavy atom. The Labute approximate surface area is 85.8 Å². The number of ether oxygens (including phenoxy) is 2. The van der Waals surface area contributed by atoms with Crippen molar-refractivity contribution in [2.24, 2.45) is 5.92 Å². The summed E-state index contributed by atoms with van der Waals surface area (Å²) in [5.41, 5.74) is 0. The van der Waals surface area contributed by atoms with Crippen LogP contribution in [0.2, 0.25) is 0 Å². The van der Waals surface area contributed by atoms with Crippen LogP contribution in [0.4, 0.5) is 0 Å². The van der Waals surface area contributed by atoms with Crippen LogP contribution >= 0.6 is 0 Å². The Morgan fingerprint density at radius 1 is 1.29 bits per heavy atom. The zero-order valence-corrected chi connectivity index (χ0v) is 9.27. The first-order valence-electron chi connectivity index (χ1n) is 5.01. The third-order valence-electron chi connectivity index (χ3n) is 1.96. The second-order valence-electron chi connectivity index (χ2n) is 3.82. The highest BCUT2D eigenvalue weighted by Gasteiger charge is 2.20. The molecule has 2 N–H and O–H groups in total. The average Bonchev–Trinajstić information content (AvgIpc) is 2.10. The van der Waals surface area contributed by atoms with Crippen LogP contribution in [0.5, 0.6) is 0 Å². The fraction of sp³-hybridized carbons (Fsp3) is 1.00. The molecule has 0 aliphatic carbocycles. The van der Waals surface area contributed by atoms with E-state index in [1.807, 2.05) is 13.8 Å². The van der Waals surface area contributed by atoms with E-state index in [2.05, 4.69) is 0 Å². The van der Waals surface area contributed by atoms with Gasteiger partial charge in [-0.15, -0.1) is 0 Å².